The number of hydrogen-bond donors (Lipinski definition) is 1. The number of benzene rings is 1. The fraction of sp³-hybridized carbons (Fsp3) is 0.429. The zero-order valence-corrected chi connectivity index (χ0v) is 10.8. The molecule has 1 amide bonds. The lowest BCUT2D eigenvalue weighted by Gasteiger charge is -2.16. The molecule has 1 N–H and O–H groups in total. The molecule has 5 heteroatoms. The van der Waals surface area contributed by atoms with Gasteiger partial charge in [0.2, 0.25) is 5.91 Å². The summed E-state index contributed by atoms with van der Waals surface area (Å²) in [6.45, 7) is 3.09. The summed E-state index contributed by atoms with van der Waals surface area (Å²) in [5.74, 6) is -0.839. The first-order valence-electron chi connectivity index (χ1n) is 6.26. The number of aliphatic carboxylic acids is 1. The maximum absolute atomic E-state index is 11.6. The Morgan fingerprint density at radius 3 is 2.68 bits per heavy atom. The fourth-order valence-electron chi connectivity index (χ4n) is 2.06. The Kier molecular flexibility index (Phi) is 4.04. The van der Waals surface area contributed by atoms with E-state index < -0.39 is 11.9 Å². The normalized spacial score (nSPS) is 18.7. The summed E-state index contributed by atoms with van der Waals surface area (Å²) in [5, 5.41) is 8.87. The first-order chi connectivity index (χ1) is 9.06. The van der Waals surface area contributed by atoms with Gasteiger partial charge in [0.1, 0.15) is 12.4 Å². The van der Waals surface area contributed by atoms with Crippen molar-refractivity contribution in [2.45, 2.75) is 13.3 Å². The summed E-state index contributed by atoms with van der Waals surface area (Å²) >= 11 is 0. The van der Waals surface area contributed by atoms with E-state index in [-0.39, 0.29) is 18.9 Å². The van der Waals surface area contributed by atoms with Gasteiger partial charge in [0.25, 0.3) is 0 Å². The predicted octanol–water partition coefficient (Wildman–Crippen LogP) is 1.31. The van der Waals surface area contributed by atoms with Gasteiger partial charge in [-0.15, -0.1) is 0 Å². The lowest BCUT2D eigenvalue weighted by molar-refractivity contribution is -0.141. The molecule has 1 saturated heterocycles. The molecule has 1 aromatic rings. The molecule has 0 radical (unpaired) electrons. The fourth-order valence-corrected chi connectivity index (χ4v) is 2.06. The van der Waals surface area contributed by atoms with Crippen LogP contribution in [0.4, 0.5) is 0 Å². The van der Waals surface area contributed by atoms with Crippen LogP contribution in [-0.2, 0) is 9.59 Å². The van der Waals surface area contributed by atoms with Crippen LogP contribution in [-0.4, -0.2) is 41.6 Å². The molecule has 0 aliphatic carbocycles. The molecule has 1 fully saturated rings. The smallest absolute Gasteiger partial charge is 0.308 e. The van der Waals surface area contributed by atoms with Gasteiger partial charge in [-0.3, -0.25) is 9.59 Å². The van der Waals surface area contributed by atoms with Gasteiger partial charge in [-0.25, -0.2) is 0 Å². The molecule has 1 aliphatic heterocycles. The summed E-state index contributed by atoms with van der Waals surface area (Å²) in [7, 11) is 0. The first kappa shape index (κ1) is 13.4. The van der Waals surface area contributed by atoms with Crippen molar-refractivity contribution in [1.29, 1.82) is 0 Å². The van der Waals surface area contributed by atoms with Crippen molar-refractivity contribution in [3.63, 3.8) is 0 Å². The molecule has 1 heterocycles. The molecule has 19 heavy (non-hydrogen) atoms. The first-order valence-corrected chi connectivity index (χ1v) is 6.26. The second-order valence-corrected chi connectivity index (χ2v) is 4.74. The topological polar surface area (TPSA) is 66.8 Å². The van der Waals surface area contributed by atoms with Crippen molar-refractivity contribution in [1.82, 2.24) is 4.90 Å². The number of carboxylic acids is 1. The molecule has 0 saturated carbocycles. The van der Waals surface area contributed by atoms with Crippen LogP contribution in [0.15, 0.2) is 24.3 Å². The predicted molar refractivity (Wildman–Crippen MR) is 69.0 cm³/mol. The summed E-state index contributed by atoms with van der Waals surface area (Å²) in [6.07, 6.45) is 0.0971. The van der Waals surface area contributed by atoms with Crippen molar-refractivity contribution < 1.29 is 19.4 Å². The minimum atomic E-state index is -0.907. The van der Waals surface area contributed by atoms with Crippen molar-refractivity contribution in [2.24, 2.45) is 5.92 Å². The number of hydrogen-bond acceptors (Lipinski definition) is 3. The van der Waals surface area contributed by atoms with E-state index in [9.17, 15) is 9.59 Å². The monoisotopic (exact) mass is 263 g/mol. The van der Waals surface area contributed by atoms with Crippen LogP contribution in [0.1, 0.15) is 12.0 Å². The van der Waals surface area contributed by atoms with Gasteiger partial charge in [-0.2, -0.15) is 0 Å². The number of carbonyl (C=O) groups excluding carboxylic acids is 1. The van der Waals surface area contributed by atoms with Crippen LogP contribution in [0.25, 0.3) is 0 Å². The highest BCUT2D eigenvalue weighted by molar-refractivity contribution is 5.86. The highest BCUT2D eigenvalue weighted by atomic mass is 16.5. The van der Waals surface area contributed by atoms with E-state index in [4.69, 9.17) is 9.84 Å². The SMILES string of the molecule is Cc1ccc(OCCN2CC(C(=O)O)CC2=O)cc1. The molecular weight excluding hydrogens is 246 g/mol. The number of aryl methyl sites for hydroxylation is 1. The van der Waals surface area contributed by atoms with Crippen LogP contribution >= 0.6 is 0 Å². The number of carbonyl (C=O) groups is 2. The highest BCUT2D eigenvalue weighted by Gasteiger charge is 2.33. The van der Waals surface area contributed by atoms with E-state index in [0.717, 1.165) is 11.3 Å². The lowest BCUT2D eigenvalue weighted by Crippen LogP contribution is -2.30. The van der Waals surface area contributed by atoms with E-state index >= 15 is 0 Å². The van der Waals surface area contributed by atoms with Crippen molar-refractivity contribution in [2.75, 3.05) is 19.7 Å². The van der Waals surface area contributed by atoms with Gasteiger partial charge >= 0.3 is 5.97 Å². The van der Waals surface area contributed by atoms with Crippen LogP contribution in [0.5, 0.6) is 5.75 Å². The van der Waals surface area contributed by atoms with Gasteiger partial charge in [0, 0.05) is 13.0 Å². The third-order valence-corrected chi connectivity index (χ3v) is 3.21. The maximum Gasteiger partial charge on any atom is 0.308 e. The van der Waals surface area contributed by atoms with Crippen LogP contribution in [0, 0.1) is 12.8 Å². The Morgan fingerprint density at radius 1 is 1.42 bits per heavy atom. The summed E-state index contributed by atoms with van der Waals surface area (Å²) in [5.41, 5.74) is 1.16. The largest absolute Gasteiger partial charge is 0.492 e. The molecular formula is C14H17NO4. The Balaban J connectivity index is 1.78. The van der Waals surface area contributed by atoms with Crippen LogP contribution in [0.3, 0.4) is 0 Å². The van der Waals surface area contributed by atoms with Crippen LogP contribution in [0.2, 0.25) is 0 Å². The molecule has 1 atom stereocenters. The zero-order chi connectivity index (χ0) is 13.8. The van der Waals surface area contributed by atoms with E-state index in [1.54, 1.807) is 4.90 Å². The number of nitrogens with zero attached hydrogens (tertiary/aromatic N) is 1. The molecule has 2 rings (SSSR count). The molecule has 0 bridgehead atoms. The minimum Gasteiger partial charge on any atom is -0.492 e. The second kappa shape index (κ2) is 5.73. The Hall–Kier alpha value is -2.04. The van der Waals surface area contributed by atoms with E-state index in [2.05, 4.69) is 0 Å². The van der Waals surface area contributed by atoms with Gasteiger partial charge in [-0.1, -0.05) is 17.7 Å². The number of ether oxygens (including phenoxy) is 1. The quantitative estimate of drug-likeness (QED) is 0.869. The molecule has 1 aliphatic rings. The highest BCUT2D eigenvalue weighted by Crippen LogP contribution is 2.18. The van der Waals surface area contributed by atoms with Gasteiger partial charge in [-0.05, 0) is 19.1 Å². The summed E-state index contributed by atoms with van der Waals surface area (Å²) in [6, 6.07) is 7.66. The molecule has 102 valence electrons. The number of likely N-dealkylation sites (tertiary alicyclic amines) is 1. The number of carboxylic acid groups (broad SMARTS) is 1. The average Bonchev–Trinajstić information content (AvgIpc) is 2.74. The molecule has 5 nitrogen and oxygen atoms in total. The van der Waals surface area contributed by atoms with Crippen molar-refractivity contribution in [3.05, 3.63) is 29.8 Å². The van der Waals surface area contributed by atoms with E-state index in [1.807, 2.05) is 31.2 Å². The molecule has 1 unspecified atom stereocenters. The Labute approximate surface area is 111 Å². The number of amides is 1. The minimum absolute atomic E-state index is 0.0971. The maximum atomic E-state index is 11.6. The van der Waals surface area contributed by atoms with Crippen molar-refractivity contribution >= 4 is 11.9 Å². The summed E-state index contributed by atoms with van der Waals surface area (Å²) < 4.78 is 5.53. The summed E-state index contributed by atoms with van der Waals surface area (Å²) in [4.78, 5) is 23.9. The standard InChI is InChI=1S/C14H17NO4/c1-10-2-4-12(5-3-10)19-7-6-15-9-11(14(17)18)8-13(15)16/h2-5,11H,6-9H2,1H3,(H,17,18). The Bertz CT molecular complexity index is 469. The van der Waals surface area contributed by atoms with Crippen LogP contribution < -0.4 is 4.74 Å². The third-order valence-electron chi connectivity index (χ3n) is 3.21. The lowest BCUT2D eigenvalue weighted by atomic mass is 10.1. The van der Waals surface area contributed by atoms with Crippen molar-refractivity contribution in [3.8, 4) is 5.75 Å². The van der Waals surface area contributed by atoms with E-state index in [1.165, 1.54) is 0 Å². The third kappa shape index (κ3) is 3.47. The average molecular weight is 263 g/mol. The molecule has 0 aromatic heterocycles. The second-order valence-electron chi connectivity index (χ2n) is 4.74. The Morgan fingerprint density at radius 2 is 2.11 bits per heavy atom. The van der Waals surface area contributed by atoms with E-state index in [0.29, 0.717) is 13.2 Å². The molecule has 1 aromatic carbocycles. The van der Waals surface area contributed by atoms with Gasteiger partial charge in [0.15, 0.2) is 0 Å². The van der Waals surface area contributed by atoms with Gasteiger partial charge in [0.05, 0.1) is 12.5 Å². The van der Waals surface area contributed by atoms with Gasteiger partial charge < -0.3 is 14.7 Å². The number of rotatable bonds is 5. The molecule has 0 spiro atoms. The zero-order valence-electron chi connectivity index (χ0n) is 10.8.